The molecule has 1 rings (SSSR count). The van der Waals surface area contributed by atoms with Crippen molar-refractivity contribution in [2.24, 2.45) is 5.16 Å². The maximum Gasteiger partial charge on any atom is 0.133 e. The van der Waals surface area contributed by atoms with Crippen molar-refractivity contribution < 1.29 is 9.94 Å². The topological polar surface area (TPSA) is 41.8 Å². The summed E-state index contributed by atoms with van der Waals surface area (Å²) in [5.41, 5.74) is 0.810. The molecule has 1 aromatic carbocycles. The van der Waals surface area contributed by atoms with Crippen molar-refractivity contribution in [3.63, 3.8) is 0 Å². The summed E-state index contributed by atoms with van der Waals surface area (Å²) in [6.45, 7) is 0. The van der Waals surface area contributed by atoms with E-state index in [0.717, 1.165) is 15.8 Å². The molecule has 0 radical (unpaired) electrons. The Morgan fingerprint density at radius 1 is 1.58 bits per heavy atom. The molecule has 1 aromatic rings. The monoisotopic (exact) mass is 229 g/mol. The predicted molar refractivity (Wildman–Crippen MR) is 50.1 cm³/mol. The van der Waals surface area contributed by atoms with Crippen LogP contribution in [-0.4, -0.2) is 18.5 Å². The highest BCUT2D eigenvalue weighted by Crippen LogP contribution is 2.24. The van der Waals surface area contributed by atoms with Crippen molar-refractivity contribution in [3.8, 4) is 5.75 Å². The van der Waals surface area contributed by atoms with E-state index in [1.54, 1.807) is 25.3 Å². The minimum Gasteiger partial charge on any atom is -0.496 e. The van der Waals surface area contributed by atoms with E-state index in [4.69, 9.17) is 9.94 Å². The zero-order chi connectivity index (χ0) is 8.97. The molecule has 0 unspecified atom stereocenters. The maximum absolute atomic E-state index is 8.26. The van der Waals surface area contributed by atoms with Crippen molar-refractivity contribution >= 4 is 22.1 Å². The molecule has 0 aliphatic rings. The van der Waals surface area contributed by atoms with Crippen LogP contribution in [0.3, 0.4) is 0 Å². The number of hydrogen-bond acceptors (Lipinski definition) is 3. The second-order valence-electron chi connectivity index (χ2n) is 2.14. The van der Waals surface area contributed by atoms with Crippen molar-refractivity contribution in [2.75, 3.05) is 7.11 Å². The highest BCUT2D eigenvalue weighted by atomic mass is 79.9. The number of ether oxygens (including phenoxy) is 1. The largest absolute Gasteiger partial charge is 0.496 e. The molecule has 1 N–H and O–H groups in total. The first-order valence-corrected chi connectivity index (χ1v) is 4.08. The van der Waals surface area contributed by atoms with Crippen LogP contribution in [0.2, 0.25) is 0 Å². The lowest BCUT2D eigenvalue weighted by molar-refractivity contribution is 0.322. The zero-order valence-electron chi connectivity index (χ0n) is 6.49. The fourth-order valence-electron chi connectivity index (χ4n) is 0.830. The lowest BCUT2D eigenvalue weighted by Gasteiger charge is -2.02. The van der Waals surface area contributed by atoms with Crippen LogP contribution in [0.5, 0.6) is 5.75 Å². The zero-order valence-corrected chi connectivity index (χ0v) is 8.08. The van der Waals surface area contributed by atoms with Gasteiger partial charge in [-0.05, 0) is 39.7 Å². The summed E-state index contributed by atoms with van der Waals surface area (Å²) < 4.78 is 5.86. The predicted octanol–water partition coefficient (Wildman–Crippen LogP) is 2.27. The third-order valence-corrected chi connectivity index (χ3v) is 2.00. The second kappa shape index (κ2) is 4.11. The van der Waals surface area contributed by atoms with Crippen molar-refractivity contribution in [3.05, 3.63) is 28.2 Å². The number of halogens is 1. The Kier molecular flexibility index (Phi) is 3.10. The summed E-state index contributed by atoms with van der Waals surface area (Å²) in [6.07, 6.45) is 1.35. The van der Waals surface area contributed by atoms with E-state index in [2.05, 4.69) is 21.1 Å². The first kappa shape index (κ1) is 9.06. The van der Waals surface area contributed by atoms with Crippen LogP contribution in [0.25, 0.3) is 0 Å². The van der Waals surface area contributed by atoms with E-state index in [-0.39, 0.29) is 0 Å². The van der Waals surface area contributed by atoms with Crippen molar-refractivity contribution in [1.29, 1.82) is 0 Å². The normalized spacial score (nSPS) is 10.5. The third-order valence-electron chi connectivity index (χ3n) is 1.38. The Morgan fingerprint density at radius 3 is 2.83 bits per heavy atom. The van der Waals surface area contributed by atoms with Crippen LogP contribution < -0.4 is 4.74 Å². The van der Waals surface area contributed by atoms with Gasteiger partial charge in [0.2, 0.25) is 0 Å². The van der Waals surface area contributed by atoms with Gasteiger partial charge in [0.15, 0.2) is 0 Å². The number of nitrogens with zero attached hydrogens (tertiary/aromatic N) is 1. The van der Waals surface area contributed by atoms with E-state index >= 15 is 0 Å². The maximum atomic E-state index is 8.26. The molecule has 0 aliphatic carbocycles. The molecule has 0 spiro atoms. The van der Waals surface area contributed by atoms with Gasteiger partial charge >= 0.3 is 0 Å². The van der Waals surface area contributed by atoms with E-state index in [1.165, 1.54) is 6.21 Å². The highest BCUT2D eigenvalue weighted by molar-refractivity contribution is 9.10. The Hall–Kier alpha value is -1.03. The second-order valence-corrected chi connectivity index (χ2v) is 2.99. The molecule has 0 saturated heterocycles. The quantitative estimate of drug-likeness (QED) is 0.481. The first-order valence-electron chi connectivity index (χ1n) is 3.29. The fraction of sp³-hybridized carbons (Fsp3) is 0.125. The summed E-state index contributed by atoms with van der Waals surface area (Å²) >= 11 is 3.31. The molecule has 0 heterocycles. The molecule has 0 aromatic heterocycles. The van der Waals surface area contributed by atoms with Gasteiger partial charge in [0.05, 0.1) is 17.8 Å². The SMILES string of the molecule is COc1ccc(/C=N\O)cc1Br. The van der Waals surface area contributed by atoms with Gasteiger partial charge < -0.3 is 9.94 Å². The number of benzene rings is 1. The highest BCUT2D eigenvalue weighted by Gasteiger charge is 1.98. The first-order chi connectivity index (χ1) is 5.77. The lowest BCUT2D eigenvalue weighted by atomic mass is 10.2. The minimum atomic E-state index is 0.755. The summed E-state index contributed by atoms with van der Waals surface area (Å²) in [4.78, 5) is 0. The third kappa shape index (κ3) is 1.98. The molecule has 64 valence electrons. The molecular formula is C8H8BrNO2. The van der Waals surface area contributed by atoms with Crippen LogP contribution >= 0.6 is 15.9 Å². The number of hydrogen-bond donors (Lipinski definition) is 1. The van der Waals surface area contributed by atoms with Gasteiger partial charge in [-0.15, -0.1) is 0 Å². The Balaban J connectivity index is 3.01. The van der Waals surface area contributed by atoms with Gasteiger partial charge in [0.25, 0.3) is 0 Å². The van der Waals surface area contributed by atoms with Crippen molar-refractivity contribution in [2.45, 2.75) is 0 Å². The Morgan fingerprint density at radius 2 is 2.33 bits per heavy atom. The molecule has 4 heteroatoms. The van der Waals surface area contributed by atoms with Crippen LogP contribution in [0.4, 0.5) is 0 Å². The number of methoxy groups -OCH3 is 1. The van der Waals surface area contributed by atoms with Crippen LogP contribution in [-0.2, 0) is 0 Å². The summed E-state index contributed by atoms with van der Waals surface area (Å²) in [5, 5.41) is 11.2. The van der Waals surface area contributed by atoms with Gasteiger partial charge in [-0.1, -0.05) is 5.16 Å². The van der Waals surface area contributed by atoms with Crippen molar-refractivity contribution in [1.82, 2.24) is 0 Å². The Bertz CT molecular complexity index is 299. The fourth-order valence-corrected chi connectivity index (χ4v) is 1.39. The molecular weight excluding hydrogens is 222 g/mol. The Labute approximate surface area is 78.8 Å². The number of rotatable bonds is 2. The molecule has 0 aliphatic heterocycles. The van der Waals surface area contributed by atoms with E-state index in [1.807, 2.05) is 0 Å². The van der Waals surface area contributed by atoms with Gasteiger partial charge in [-0.2, -0.15) is 0 Å². The van der Waals surface area contributed by atoms with E-state index < -0.39 is 0 Å². The summed E-state index contributed by atoms with van der Waals surface area (Å²) in [7, 11) is 1.60. The average Bonchev–Trinajstić information content (AvgIpc) is 2.05. The average molecular weight is 230 g/mol. The molecule has 0 amide bonds. The standard InChI is InChI=1S/C8H8BrNO2/c1-12-8-3-2-6(5-10-11)4-7(8)9/h2-5,11H,1H3/b10-5-. The minimum absolute atomic E-state index is 0.755. The molecule has 12 heavy (non-hydrogen) atoms. The molecule has 0 saturated carbocycles. The van der Waals surface area contributed by atoms with Gasteiger partial charge in [0.1, 0.15) is 5.75 Å². The van der Waals surface area contributed by atoms with Crippen LogP contribution in [0, 0.1) is 0 Å². The van der Waals surface area contributed by atoms with E-state index in [9.17, 15) is 0 Å². The van der Waals surface area contributed by atoms with Gasteiger partial charge in [0, 0.05) is 0 Å². The number of oxime groups is 1. The molecule has 0 fully saturated rings. The van der Waals surface area contributed by atoms with E-state index in [0.29, 0.717) is 0 Å². The van der Waals surface area contributed by atoms with Crippen LogP contribution in [0.1, 0.15) is 5.56 Å². The molecule has 3 nitrogen and oxygen atoms in total. The smallest absolute Gasteiger partial charge is 0.133 e. The van der Waals surface area contributed by atoms with Crippen LogP contribution in [0.15, 0.2) is 27.8 Å². The molecule has 0 atom stereocenters. The van der Waals surface area contributed by atoms with Gasteiger partial charge in [-0.25, -0.2) is 0 Å². The van der Waals surface area contributed by atoms with Gasteiger partial charge in [-0.3, -0.25) is 0 Å². The lowest BCUT2D eigenvalue weighted by Crippen LogP contribution is -1.86. The summed E-state index contributed by atoms with van der Waals surface area (Å²) in [6, 6.07) is 5.39. The summed E-state index contributed by atoms with van der Waals surface area (Å²) in [5.74, 6) is 0.755. The molecule has 0 bridgehead atoms.